The largest absolute Gasteiger partial charge is 0.368 e. The summed E-state index contributed by atoms with van der Waals surface area (Å²) in [6.07, 6.45) is 0. The van der Waals surface area contributed by atoms with Gasteiger partial charge in [0.1, 0.15) is 5.82 Å². The molecule has 1 saturated heterocycles. The molecule has 6 nitrogen and oxygen atoms in total. The highest BCUT2D eigenvalue weighted by molar-refractivity contribution is 5.46. The van der Waals surface area contributed by atoms with E-state index in [1.54, 1.807) is 0 Å². The molecule has 1 aromatic heterocycles. The van der Waals surface area contributed by atoms with Gasteiger partial charge in [-0.05, 0) is 19.5 Å². The molecule has 1 aromatic carbocycles. The third kappa shape index (κ3) is 3.97. The Bertz CT molecular complexity index is 649. The fourth-order valence-electron chi connectivity index (χ4n) is 2.64. The first-order chi connectivity index (χ1) is 11.1. The minimum atomic E-state index is 0.336. The first kappa shape index (κ1) is 15.7. The van der Waals surface area contributed by atoms with E-state index in [-0.39, 0.29) is 0 Å². The Hall–Kier alpha value is -2.18. The van der Waals surface area contributed by atoms with Crippen molar-refractivity contribution in [2.24, 2.45) is 0 Å². The Labute approximate surface area is 137 Å². The van der Waals surface area contributed by atoms with E-state index in [1.165, 1.54) is 11.1 Å². The number of likely N-dealkylation sites (N-methyl/N-ethyl adjacent to an activating group) is 1. The molecule has 3 rings (SSSR count). The minimum Gasteiger partial charge on any atom is -0.368 e. The fourth-order valence-corrected chi connectivity index (χ4v) is 2.64. The van der Waals surface area contributed by atoms with Crippen LogP contribution in [0, 0.1) is 6.92 Å². The predicted molar refractivity (Wildman–Crippen MR) is 93.2 cm³/mol. The normalized spacial score (nSPS) is 14.8. The van der Waals surface area contributed by atoms with Crippen LogP contribution in [0.3, 0.4) is 0 Å². The van der Waals surface area contributed by atoms with Crippen LogP contribution in [0.4, 0.5) is 11.8 Å². The zero-order valence-electron chi connectivity index (χ0n) is 13.7. The highest BCUT2D eigenvalue weighted by Gasteiger charge is 2.26. The monoisotopic (exact) mass is 312 g/mol. The number of hydrogen-bond donors (Lipinski definition) is 3. The van der Waals surface area contributed by atoms with Crippen LogP contribution >= 0.6 is 0 Å². The van der Waals surface area contributed by atoms with E-state index in [9.17, 15) is 0 Å². The summed E-state index contributed by atoms with van der Waals surface area (Å²) in [6, 6.07) is 11.1. The Morgan fingerprint density at radius 3 is 2.61 bits per heavy atom. The lowest BCUT2D eigenvalue weighted by Crippen LogP contribution is -2.57. The van der Waals surface area contributed by atoms with Crippen molar-refractivity contribution in [3.63, 3.8) is 0 Å². The number of anilines is 2. The number of aryl methyl sites for hydroxylation is 1. The molecule has 0 amide bonds. The van der Waals surface area contributed by atoms with Crippen LogP contribution in [0.1, 0.15) is 16.8 Å². The molecule has 0 bridgehead atoms. The summed E-state index contributed by atoms with van der Waals surface area (Å²) in [5.74, 6) is 1.25. The molecular weight excluding hydrogens is 288 g/mol. The number of benzene rings is 1. The van der Waals surface area contributed by atoms with Crippen molar-refractivity contribution in [2.75, 3.05) is 30.8 Å². The van der Waals surface area contributed by atoms with Gasteiger partial charge in [-0.2, -0.15) is 4.98 Å². The molecule has 23 heavy (non-hydrogen) atoms. The summed E-state index contributed by atoms with van der Waals surface area (Å²) < 4.78 is 0. The van der Waals surface area contributed by atoms with Gasteiger partial charge in [-0.15, -0.1) is 0 Å². The van der Waals surface area contributed by atoms with E-state index in [4.69, 9.17) is 5.73 Å². The number of nitrogens with two attached hydrogens (primary N) is 1. The molecule has 1 fully saturated rings. The van der Waals surface area contributed by atoms with Crippen LogP contribution in [-0.2, 0) is 13.1 Å². The number of rotatable bonds is 6. The van der Waals surface area contributed by atoms with Gasteiger partial charge in [0.15, 0.2) is 0 Å². The highest BCUT2D eigenvalue weighted by Crippen LogP contribution is 2.20. The SMILES string of the molecule is CNC1CN(c2cc(CNCc3ccc(C)cc3)nc(N)n2)C1. The van der Waals surface area contributed by atoms with Gasteiger partial charge in [0.25, 0.3) is 0 Å². The molecule has 0 saturated carbocycles. The van der Waals surface area contributed by atoms with Gasteiger partial charge in [-0.3, -0.25) is 0 Å². The molecule has 1 aliphatic heterocycles. The predicted octanol–water partition coefficient (Wildman–Crippen LogP) is 1.07. The molecule has 0 aliphatic carbocycles. The smallest absolute Gasteiger partial charge is 0.222 e. The van der Waals surface area contributed by atoms with Gasteiger partial charge in [-0.1, -0.05) is 29.8 Å². The van der Waals surface area contributed by atoms with Crippen molar-refractivity contribution in [1.82, 2.24) is 20.6 Å². The van der Waals surface area contributed by atoms with Crippen LogP contribution in [-0.4, -0.2) is 36.1 Å². The first-order valence-electron chi connectivity index (χ1n) is 7.96. The maximum atomic E-state index is 5.85. The van der Waals surface area contributed by atoms with E-state index in [0.29, 0.717) is 18.5 Å². The van der Waals surface area contributed by atoms with E-state index >= 15 is 0 Å². The van der Waals surface area contributed by atoms with Crippen molar-refractivity contribution < 1.29 is 0 Å². The zero-order chi connectivity index (χ0) is 16.2. The lowest BCUT2D eigenvalue weighted by atomic mass is 10.1. The maximum absolute atomic E-state index is 5.85. The molecule has 6 heteroatoms. The fraction of sp³-hybridized carbons (Fsp3) is 0.412. The molecular formula is C17H24N6. The van der Waals surface area contributed by atoms with E-state index in [2.05, 4.69) is 56.7 Å². The highest BCUT2D eigenvalue weighted by atomic mass is 15.3. The Kier molecular flexibility index (Phi) is 4.73. The number of nitrogens with one attached hydrogen (secondary N) is 2. The molecule has 122 valence electrons. The molecule has 2 heterocycles. The number of aromatic nitrogens is 2. The molecule has 2 aromatic rings. The van der Waals surface area contributed by atoms with Crippen LogP contribution in [0.5, 0.6) is 0 Å². The second-order valence-corrected chi connectivity index (χ2v) is 6.06. The molecule has 0 spiro atoms. The lowest BCUT2D eigenvalue weighted by molar-refractivity contribution is 0.447. The van der Waals surface area contributed by atoms with Crippen molar-refractivity contribution in [1.29, 1.82) is 0 Å². The molecule has 0 unspecified atom stereocenters. The van der Waals surface area contributed by atoms with Gasteiger partial charge >= 0.3 is 0 Å². The van der Waals surface area contributed by atoms with Gasteiger partial charge in [0, 0.05) is 38.3 Å². The van der Waals surface area contributed by atoms with Gasteiger partial charge in [0.2, 0.25) is 5.95 Å². The van der Waals surface area contributed by atoms with Gasteiger partial charge in [-0.25, -0.2) is 4.98 Å². The third-order valence-corrected chi connectivity index (χ3v) is 4.15. The summed E-state index contributed by atoms with van der Waals surface area (Å²) in [6.45, 7) is 5.51. The zero-order valence-corrected chi connectivity index (χ0v) is 13.7. The number of nitrogen functional groups attached to an aromatic ring is 1. The van der Waals surface area contributed by atoms with Gasteiger partial charge < -0.3 is 21.3 Å². The Morgan fingerprint density at radius 1 is 1.17 bits per heavy atom. The molecule has 0 radical (unpaired) electrons. The average molecular weight is 312 g/mol. The van der Waals surface area contributed by atoms with Crippen molar-refractivity contribution in [2.45, 2.75) is 26.1 Å². The average Bonchev–Trinajstić information content (AvgIpc) is 2.48. The minimum absolute atomic E-state index is 0.336. The van der Waals surface area contributed by atoms with Crippen LogP contribution < -0.4 is 21.3 Å². The van der Waals surface area contributed by atoms with E-state index in [0.717, 1.165) is 31.1 Å². The summed E-state index contributed by atoms with van der Waals surface area (Å²) in [7, 11) is 1.98. The standard InChI is InChI=1S/C17H24N6/c1-12-3-5-13(6-4-12)8-20-9-14-7-16(22-17(18)21-14)23-10-15(11-23)19-2/h3-7,15,19-20H,8-11H2,1-2H3,(H2,18,21,22). The summed E-state index contributed by atoms with van der Waals surface area (Å²) in [5.41, 5.74) is 9.31. The maximum Gasteiger partial charge on any atom is 0.222 e. The Balaban J connectivity index is 1.57. The second kappa shape index (κ2) is 6.93. The first-order valence-corrected chi connectivity index (χ1v) is 7.96. The third-order valence-electron chi connectivity index (χ3n) is 4.15. The van der Waals surface area contributed by atoms with Crippen LogP contribution in [0.2, 0.25) is 0 Å². The summed E-state index contributed by atoms with van der Waals surface area (Å²) >= 11 is 0. The van der Waals surface area contributed by atoms with Crippen molar-refractivity contribution >= 4 is 11.8 Å². The van der Waals surface area contributed by atoms with Crippen molar-refractivity contribution in [3.8, 4) is 0 Å². The lowest BCUT2D eigenvalue weighted by Gasteiger charge is -2.40. The van der Waals surface area contributed by atoms with Crippen molar-refractivity contribution in [3.05, 3.63) is 47.2 Å². The second-order valence-electron chi connectivity index (χ2n) is 6.06. The summed E-state index contributed by atoms with van der Waals surface area (Å²) in [4.78, 5) is 10.9. The molecule has 0 atom stereocenters. The number of nitrogens with zero attached hydrogens (tertiary/aromatic N) is 3. The summed E-state index contributed by atoms with van der Waals surface area (Å²) in [5, 5.41) is 6.67. The number of hydrogen-bond acceptors (Lipinski definition) is 6. The van der Waals surface area contributed by atoms with E-state index < -0.39 is 0 Å². The Morgan fingerprint density at radius 2 is 1.91 bits per heavy atom. The topological polar surface area (TPSA) is 79.1 Å². The quantitative estimate of drug-likeness (QED) is 0.740. The van der Waals surface area contributed by atoms with Crippen LogP contribution in [0.15, 0.2) is 30.3 Å². The molecule has 1 aliphatic rings. The van der Waals surface area contributed by atoms with Crippen LogP contribution in [0.25, 0.3) is 0 Å². The van der Waals surface area contributed by atoms with E-state index in [1.807, 2.05) is 13.1 Å². The van der Waals surface area contributed by atoms with Gasteiger partial charge in [0.05, 0.1) is 5.69 Å². The molecule has 4 N–H and O–H groups in total.